The third kappa shape index (κ3) is 3.50. The number of halogens is 1. The van der Waals surface area contributed by atoms with Gasteiger partial charge in [0.25, 0.3) is 5.91 Å². The molecule has 0 unspecified atom stereocenters. The average Bonchev–Trinajstić information content (AvgIpc) is 2.18. The lowest BCUT2D eigenvalue weighted by Crippen LogP contribution is -2.29. The third-order valence-corrected chi connectivity index (χ3v) is 1.84. The Labute approximate surface area is 87.3 Å². The molecule has 0 spiro atoms. The number of nitrogens with one attached hydrogen (secondary N) is 1. The van der Waals surface area contributed by atoms with Gasteiger partial charge >= 0.3 is 0 Å². The molecule has 1 aromatic rings. The highest BCUT2D eigenvalue weighted by Crippen LogP contribution is 2.02. The summed E-state index contributed by atoms with van der Waals surface area (Å²) in [5.41, 5.74) is 0.279. The molecule has 4 heteroatoms. The van der Waals surface area contributed by atoms with E-state index in [1.165, 1.54) is 24.3 Å². The Morgan fingerprint density at radius 2 is 1.87 bits per heavy atom. The number of carbonyl (C=O) groups is 2. The van der Waals surface area contributed by atoms with Crippen molar-refractivity contribution in [3.63, 3.8) is 0 Å². The van der Waals surface area contributed by atoms with Gasteiger partial charge in [-0.15, -0.1) is 0 Å². The topological polar surface area (TPSA) is 46.2 Å². The van der Waals surface area contributed by atoms with E-state index in [0.29, 0.717) is 12.8 Å². The summed E-state index contributed by atoms with van der Waals surface area (Å²) in [5, 5.41) is 2.22. The van der Waals surface area contributed by atoms with Crippen molar-refractivity contribution in [2.75, 3.05) is 0 Å². The Kier molecular flexibility index (Phi) is 3.97. The second-order valence-corrected chi connectivity index (χ2v) is 3.13. The first-order valence-electron chi connectivity index (χ1n) is 4.73. The summed E-state index contributed by atoms with van der Waals surface area (Å²) in [5.74, 6) is -1.22. The Hall–Kier alpha value is -1.71. The fourth-order valence-corrected chi connectivity index (χ4v) is 1.09. The fraction of sp³-hybridized carbons (Fsp3) is 0.273. The fourth-order valence-electron chi connectivity index (χ4n) is 1.09. The molecular weight excluding hydrogens is 197 g/mol. The van der Waals surface area contributed by atoms with Gasteiger partial charge in [-0.1, -0.05) is 6.92 Å². The quantitative estimate of drug-likeness (QED) is 0.826. The van der Waals surface area contributed by atoms with Crippen LogP contribution in [-0.4, -0.2) is 11.8 Å². The van der Waals surface area contributed by atoms with Gasteiger partial charge < -0.3 is 0 Å². The standard InChI is InChI=1S/C11H12FNO2/c1-2-3-10(14)13-11(15)8-4-6-9(12)7-5-8/h4-7H,2-3H2,1H3,(H,13,14,15). The summed E-state index contributed by atoms with van der Waals surface area (Å²) >= 11 is 0. The maximum atomic E-state index is 12.5. The molecule has 3 nitrogen and oxygen atoms in total. The molecule has 1 rings (SSSR count). The molecule has 80 valence electrons. The van der Waals surface area contributed by atoms with Gasteiger partial charge in [0, 0.05) is 12.0 Å². The van der Waals surface area contributed by atoms with Gasteiger partial charge in [-0.3, -0.25) is 14.9 Å². The second-order valence-electron chi connectivity index (χ2n) is 3.13. The van der Waals surface area contributed by atoms with Crippen LogP contribution in [0.5, 0.6) is 0 Å². The van der Waals surface area contributed by atoms with E-state index in [-0.39, 0.29) is 11.5 Å². The molecule has 0 aliphatic carbocycles. The number of rotatable bonds is 3. The zero-order valence-electron chi connectivity index (χ0n) is 8.42. The zero-order chi connectivity index (χ0) is 11.3. The minimum atomic E-state index is -0.492. The maximum Gasteiger partial charge on any atom is 0.257 e. The van der Waals surface area contributed by atoms with E-state index < -0.39 is 11.7 Å². The van der Waals surface area contributed by atoms with Crippen LogP contribution in [0.2, 0.25) is 0 Å². The van der Waals surface area contributed by atoms with Crippen molar-refractivity contribution in [3.05, 3.63) is 35.6 Å². The number of carbonyl (C=O) groups excluding carboxylic acids is 2. The first-order valence-corrected chi connectivity index (χ1v) is 4.73. The molecule has 15 heavy (non-hydrogen) atoms. The van der Waals surface area contributed by atoms with E-state index in [1.54, 1.807) is 0 Å². The number of hydrogen-bond acceptors (Lipinski definition) is 2. The van der Waals surface area contributed by atoms with Crippen molar-refractivity contribution >= 4 is 11.8 Å². The molecule has 0 fully saturated rings. The van der Waals surface area contributed by atoms with E-state index >= 15 is 0 Å². The summed E-state index contributed by atoms with van der Waals surface area (Å²) in [6, 6.07) is 5.03. The number of imide groups is 1. The molecule has 0 bridgehead atoms. The minimum Gasteiger partial charge on any atom is -0.292 e. The van der Waals surface area contributed by atoms with Crippen LogP contribution in [-0.2, 0) is 4.79 Å². The first-order chi connectivity index (χ1) is 7.13. The van der Waals surface area contributed by atoms with Crippen molar-refractivity contribution in [1.82, 2.24) is 5.32 Å². The molecular formula is C11H12FNO2. The van der Waals surface area contributed by atoms with E-state index in [9.17, 15) is 14.0 Å². The number of amides is 2. The van der Waals surface area contributed by atoms with Crippen LogP contribution in [0, 0.1) is 5.82 Å². The van der Waals surface area contributed by atoms with Crippen molar-refractivity contribution < 1.29 is 14.0 Å². The van der Waals surface area contributed by atoms with Crippen molar-refractivity contribution in [3.8, 4) is 0 Å². The van der Waals surface area contributed by atoms with Gasteiger partial charge in [-0.25, -0.2) is 4.39 Å². The smallest absolute Gasteiger partial charge is 0.257 e. The van der Waals surface area contributed by atoms with Crippen molar-refractivity contribution in [2.45, 2.75) is 19.8 Å². The lowest BCUT2D eigenvalue weighted by molar-refractivity contribution is -0.120. The minimum absolute atomic E-state index is 0.279. The van der Waals surface area contributed by atoms with E-state index in [1.807, 2.05) is 6.92 Å². The lowest BCUT2D eigenvalue weighted by atomic mass is 10.2. The summed E-state index contributed by atoms with van der Waals surface area (Å²) in [6.45, 7) is 1.85. The van der Waals surface area contributed by atoms with Gasteiger partial charge in [0.15, 0.2) is 0 Å². The van der Waals surface area contributed by atoms with Gasteiger partial charge in [-0.05, 0) is 30.7 Å². The normalized spacial score (nSPS) is 9.73. The molecule has 0 aromatic heterocycles. The number of benzene rings is 1. The van der Waals surface area contributed by atoms with E-state index in [4.69, 9.17) is 0 Å². The van der Waals surface area contributed by atoms with Crippen LogP contribution in [0.1, 0.15) is 30.1 Å². The van der Waals surface area contributed by atoms with E-state index in [0.717, 1.165) is 0 Å². The monoisotopic (exact) mass is 209 g/mol. The van der Waals surface area contributed by atoms with Gasteiger partial charge in [0.1, 0.15) is 5.82 Å². The zero-order valence-corrected chi connectivity index (χ0v) is 8.42. The highest BCUT2D eigenvalue weighted by molar-refractivity contribution is 6.04. The lowest BCUT2D eigenvalue weighted by Gasteiger charge is -2.02. The largest absolute Gasteiger partial charge is 0.292 e. The molecule has 1 N–H and O–H groups in total. The van der Waals surface area contributed by atoms with Crippen LogP contribution >= 0.6 is 0 Å². The average molecular weight is 209 g/mol. The Morgan fingerprint density at radius 1 is 1.27 bits per heavy atom. The van der Waals surface area contributed by atoms with E-state index in [2.05, 4.69) is 5.32 Å². The van der Waals surface area contributed by atoms with Gasteiger partial charge in [0.05, 0.1) is 0 Å². The molecule has 1 aromatic carbocycles. The molecule has 2 amide bonds. The molecule has 0 aliphatic heterocycles. The predicted molar refractivity (Wildman–Crippen MR) is 53.8 cm³/mol. The molecule has 0 atom stereocenters. The molecule has 0 saturated carbocycles. The number of hydrogen-bond donors (Lipinski definition) is 1. The highest BCUT2D eigenvalue weighted by Gasteiger charge is 2.08. The Morgan fingerprint density at radius 3 is 2.40 bits per heavy atom. The van der Waals surface area contributed by atoms with Gasteiger partial charge in [0.2, 0.25) is 5.91 Å². The molecule has 0 radical (unpaired) electrons. The summed E-state index contributed by atoms with van der Waals surface area (Å²) in [6.07, 6.45) is 0.996. The first kappa shape index (κ1) is 11.4. The SMILES string of the molecule is CCCC(=O)NC(=O)c1ccc(F)cc1. The van der Waals surface area contributed by atoms with Crippen LogP contribution in [0.25, 0.3) is 0 Å². The van der Waals surface area contributed by atoms with Crippen LogP contribution in [0.4, 0.5) is 4.39 Å². The Bertz CT molecular complexity index is 359. The molecule has 0 saturated heterocycles. The predicted octanol–water partition coefficient (Wildman–Crippen LogP) is 1.88. The van der Waals surface area contributed by atoms with Crippen LogP contribution in [0.3, 0.4) is 0 Å². The maximum absolute atomic E-state index is 12.5. The summed E-state index contributed by atoms with van der Waals surface area (Å²) in [7, 11) is 0. The van der Waals surface area contributed by atoms with Crippen LogP contribution < -0.4 is 5.32 Å². The molecule has 0 aliphatic rings. The Balaban J connectivity index is 2.61. The summed E-state index contributed by atoms with van der Waals surface area (Å²) in [4.78, 5) is 22.5. The summed E-state index contributed by atoms with van der Waals surface area (Å²) < 4.78 is 12.5. The van der Waals surface area contributed by atoms with Crippen LogP contribution in [0.15, 0.2) is 24.3 Å². The molecule has 0 heterocycles. The highest BCUT2D eigenvalue weighted by atomic mass is 19.1. The van der Waals surface area contributed by atoms with Crippen molar-refractivity contribution in [2.24, 2.45) is 0 Å². The second kappa shape index (κ2) is 5.24. The van der Waals surface area contributed by atoms with Gasteiger partial charge in [-0.2, -0.15) is 0 Å². The van der Waals surface area contributed by atoms with Crippen molar-refractivity contribution in [1.29, 1.82) is 0 Å². The third-order valence-electron chi connectivity index (χ3n) is 1.84.